The minimum Gasteiger partial charge on any atom is -0.267 e. The maximum atomic E-state index is 13.0. The first-order valence-electron chi connectivity index (χ1n) is 7.18. The molecule has 0 aliphatic carbocycles. The van der Waals surface area contributed by atoms with Gasteiger partial charge in [-0.2, -0.15) is 0 Å². The maximum absolute atomic E-state index is 13.0. The van der Waals surface area contributed by atoms with Gasteiger partial charge in [0.25, 0.3) is 5.56 Å². The Kier molecular flexibility index (Phi) is 4.43. The molecule has 0 fully saturated rings. The third kappa shape index (κ3) is 3.14. The number of thiophene rings is 1. The number of para-hydroxylation sites is 1. The Balaban J connectivity index is 2.01. The summed E-state index contributed by atoms with van der Waals surface area (Å²) in [6, 6.07) is 8.86. The van der Waals surface area contributed by atoms with Gasteiger partial charge >= 0.3 is 0 Å². The molecule has 0 radical (unpaired) electrons. The number of fused-ring (bicyclic) bond motifs is 1. The van der Waals surface area contributed by atoms with Gasteiger partial charge in [0.2, 0.25) is 0 Å². The highest BCUT2D eigenvalue weighted by Gasteiger charge is 2.15. The summed E-state index contributed by atoms with van der Waals surface area (Å²) in [5.74, 6) is 0.468. The quantitative estimate of drug-likeness (QED) is 0.459. The van der Waals surface area contributed by atoms with Crippen LogP contribution in [0.3, 0.4) is 0 Å². The molecule has 4 nitrogen and oxygen atoms in total. The zero-order chi connectivity index (χ0) is 17.4. The monoisotopic (exact) mass is 405 g/mol. The lowest BCUT2D eigenvalue weighted by molar-refractivity contribution is 0.947. The van der Waals surface area contributed by atoms with Gasteiger partial charge in [-0.25, -0.2) is 9.97 Å². The van der Waals surface area contributed by atoms with Crippen molar-refractivity contribution in [1.29, 1.82) is 0 Å². The zero-order valence-electron chi connectivity index (χ0n) is 12.5. The van der Waals surface area contributed by atoms with E-state index in [1.165, 1.54) is 27.2 Å². The molecule has 0 N–H and O–H groups in total. The number of hydrogen-bond donors (Lipinski definition) is 0. The number of halogens is 2. The Morgan fingerprint density at radius 3 is 2.76 bits per heavy atom. The van der Waals surface area contributed by atoms with Crippen LogP contribution in [-0.2, 0) is 0 Å². The van der Waals surface area contributed by atoms with E-state index in [0.717, 1.165) is 5.01 Å². The molecule has 4 aromatic rings. The van der Waals surface area contributed by atoms with E-state index in [0.29, 0.717) is 31.1 Å². The molecular formula is C17H9Cl2N3OS2. The molecule has 0 atom stereocenters. The van der Waals surface area contributed by atoms with E-state index in [1.54, 1.807) is 30.5 Å². The summed E-state index contributed by atoms with van der Waals surface area (Å²) in [6.45, 7) is 0. The lowest BCUT2D eigenvalue weighted by Gasteiger charge is -2.11. The molecule has 0 aliphatic heterocycles. The first-order valence-corrected chi connectivity index (χ1v) is 9.63. The minimum atomic E-state index is -0.200. The summed E-state index contributed by atoms with van der Waals surface area (Å²) in [4.78, 5) is 21.9. The highest BCUT2D eigenvalue weighted by molar-refractivity contribution is 7.22. The van der Waals surface area contributed by atoms with Crippen molar-refractivity contribution in [2.24, 2.45) is 0 Å². The molecule has 124 valence electrons. The third-order valence-corrected chi connectivity index (χ3v) is 5.77. The van der Waals surface area contributed by atoms with E-state index < -0.39 is 0 Å². The first-order chi connectivity index (χ1) is 12.1. The number of aromatic nitrogens is 3. The number of nitrogens with zero attached hydrogens (tertiary/aromatic N) is 3. The van der Waals surface area contributed by atoms with E-state index >= 15 is 0 Å². The fourth-order valence-corrected chi connectivity index (χ4v) is 4.25. The topological polar surface area (TPSA) is 47.8 Å². The second-order valence-corrected chi connectivity index (χ2v) is 8.05. The highest BCUT2D eigenvalue weighted by Crippen LogP contribution is 2.28. The summed E-state index contributed by atoms with van der Waals surface area (Å²) in [7, 11) is 0. The molecule has 3 heterocycles. The third-order valence-electron chi connectivity index (χ3n) is 3.46. The van der Waals surface area contributed by atoms with Crippen molar-refractivity contribution >= 4 is 68.2 Å². The van der Waals surface area contributed by atoms with Crippen molar-refractivity contribution in [2.75, 3.05) is 0 Å². The molecule has 0 unspecified atom stereocenters. The maximum Gasteiger partial charge on any atom is 0.276 e. The molecule has 0 saturated heterocycles. The van der Waals surface area contributed by atoms with Crippen LogP contribution in [0.1, 0.15) is 10.8 Å². The van der Waals surface area contributed by atoms with Crippen LogP contribution in [0.5, 0.6) is 0 Å². The summed E-state index contributed by atoms with van der Waals surface area (Å²) in [5, 5.41) is 3.18. The van der Waals surface area contributed by atoms with Gasteiger partial charge in [0, 0.05) is 11.6 Å². The second kappa shape index (κ2) is 6.72. The van der Waals surface area contributed by atoms with Crippen LogP contribution >= 0.6 is 45.9 Å². The fourth-order valence-electron chi connectivity index (χ4n) is 2.41. The molecule has 8 heteroatoms. The first kappa shape index (κ1) is 16.5. The SMILES string of the molecule is O=c1c2sc(Cl)cc2nc(C=Cc2nccs2)n1-c1ccccc1Cl. The molecule has 0 amide bonds. The van der Waals surface area contributed by atoms with Gasteiger partial charge in [-0.15, -0.1) is 22.7 Å². The average molecular weight is 406 g/mol. The smallest absolute Gasteiger partial charge is 0.267 e. The number of rotatable bonds is 3. The van der Waals surface area contributed by atoms with E-state index in [1.807, 2.05) is 23.6 Å². The van der Waals surface area contributed by atoms with Crippen LogP contribution in [-0.4, -0.2) is 14.5 Å². The van der Waals surface area contributed by atoms with E-state index in [4.69, 9.17) is 23.2 Å². The molecule has 0 saturated carbocycles. The van der Waals surface area contributed by atoms with Crippen molar-refractivity contribution in [2.45, 2.75) is 0 Å². The molecule has 3 aromatic heterocycles. The van der Waals surface area contributed by atoms with Gasteiger partial charge in [-0.3, -0.25) is 9.36 Å². The summed E-state index contributed by atoms with van der Waals surface area (Å²) in [5.41, 5.74) is 0.947. The normalized spacial score (nSPS) is 11.6. The van der Waals surface area contributed by atoms with Crippen LogP contribution in [0.4, 0.5) is 0 Å². The standard InChI is InChI=1S/C17H9Cl2N3OS2/c18-10-3-1-2-4-12(10)22-14(5-6-15-20-7-8-24-15)21-11-9-13(19)25-16(11)17(22)23/h1-9H. The Morgan fingerprint density at radius 2 is 2.00 bits per heavy atom. The molecular weight excluding hydrogens is 397 g/mol. The lowest BCUT2D eigenvalue weighted by atomic mass is 10.3. The summed E-state index contributed by atoms with van der Waals surface area (Å²) < 4.78 is 2.52. The summed E-state index contributed by atoms with van der Waals surface area (Å²) in [6.07, 6.45) is 5.30. The Labute approximate surface area is 160 Å². The van der Waals surface area contributed by atoms with Crippen LogP contribution in [0, 0.1) is 0 Å². The fraction of sp³-hybridized carbons (Fsp3) is 0. The van der Waals surface area contributed by atoms with Crippen molar-refractivity contribution in [3.05, 3.63) is 72.5 Å². The van der Waals surface area contributed by atoms with Gasteiger partial charge in [0.15, 0.2) is 0 Å². The van der Waals surface area contributed by atoms with Gasteiger partial charge in [-0.1, -0.05) is 35.3 Å². The van der Waals surface area contributed by atoms with Crippen LogP contribution in [0.25, 0.3) is 28.1 Å². The molecule has 4 rings (SSSR count). The minimum absolute atomic E-state index is 0.200. The van der Waals surface area contributed by atoms with E-state index in [9.17, 15) is 4.79 Å². The Bertz CT molecular complexity index is 1150. The molecule has 0 bridgehead atoms. The van der Waals surface area contributed by atoms with Gasteiger partial charge in [0.1, 0.15) is 15.5 Å². The van der Waals surface area contributed by atoms with Gasteiger partial charge < -0.3 is 0 Å². The van der Waals surface area contributed by atoms with E-state index in [2.05, 4.69) is 9.97 Å². The largest absolute Gasteiger partial charge is 0.276 e. The number of benzene rings is 1. The van der Waals surface area contributed by atoms with Crippen molar-refractivity contribution in [1.82, 2.24) is 14.5 Å². The average Bonchev–Trinajstić information content (AvgIpc) is 3.23. The van der Waals surface area contributed by atoms with Crippen molar-refractivity contribution in [3.63, 3.8) is 0 Å². The van der Waals surface area contributed by atoms with E-state index in [-0.39, 0.29) is 5.56 Å². The van der Waals surface area contributed by atoms with Crippen LogP contribution in [0.2, 0.25) is 9.36 Å². The van der Waals surface area contributed by atoms with Crippen LogP contribution < -0.4 is 5.56 Å². The molecule has 0 aliphatic rings. The Morgan fingerprint density at radius 1 is 1.16 bits per heavy atom. The van der Waals surface area contributed by atoms with Gasteiger partial charge in [-0.05, 0) is 30.4 Å². The van der Waals surface area contributed by atoms with Crippen molar-refractivity contribution in [3.8, 4) is 5.69 Å². The van der Waals surface area contributed by atoms with Gasteiger partial charge in [0.05, 0.1) is 20.6 Å². The number of hydrogen-bond acceptors (Lipinski definition) is 5. The lowest BCUT2D eigenvalue weighted by Crippen LogP contribution is -2.21. The predicted molar refractivity (Wildman–Crippen MR) is 106 cm³/mol. The highest BCUT2D eigenvalue weighted by atomic mass is 35.5. The zero-order valence-corrected chi connectivity index (χ0v) is 15.7. The predicted octanol–water partition coefficient (Wildman–Crippen LogP) is 5.38. The number of thiazole rings is 1. The second-order valence-electron chi connectivity index (χ2n) is 5.03. The molecule has 0 spiro atoms. The van der Waals surface area contributed by atoms with Crippen LogP contribution in [0.15, 0.2) is 46.7 Å². The molecule has 1 aromatic carbocycles. The molecule has 25 heavy (non-hydrogen) atoms. The summed E-state index contributed by atoms with van der Waals surface area (Å²) >= 11 is 15.1. The van der Waals surface area contributed by atoms with Crippen molar-refractivity contribution < 1.29 is 0 Å². The Hall–Kier alpha value is -1.99.